The van der Waals surface area contributed by atoms with Crippen molar-refractivity contribution in [1.29, 1.82) is 0 Å². The Balaban J connectivity index is 0.00000181. The number of ether oxygens (including phenoxy) is 2. The second-order valence-electron chi connectivity index (χ2n) is 6.76. The number of hydrogen-bond acceptors (Lipinski definition) is 7. The van der Waals surface area contributed by atoms with E-state index < -0.39 is 0 Å². The molecule has 7 nitrogen and oxygen atoms in total. The molecule has 2 aromatic heterocycles. The number of benzene rings is 2. The number of nitrogens with one attached hydrogen (secondary N) is 2. The van der Waals surface area contributed by atoms with Crippen molar-refractivity contribution < 1.29 is 9.47 Å². The van der Waals surface area contributed by atoms with E-state index in [1.54, 1.807) is 26.6 Å². The number of anilines is 3. The first-order chi connectivity index (χ1) is 14.7. The number of methoxy groups -OCH3 is 2. The third-order valence-corrected chi connectivity index (χ3v) is 4.79. The van der Waals surface area contributed by atoms with Crippen LogP contribution < -0.4 is 20.1 Å². The Kier molecular flexibility index (Phi) is 8.87. The summed E-state index contributed by atoms with van der Waals surface area (Å²) in [6.45, 7) is 2.10. The van der Waals surface area contributed by atoms with Gasteiger partial charge in [0.2, 0.25) is 5.95 Å². The van der Waals surface area contributed by atoms with Crippen molar-refractivity contribution in [3.63, 3.8) is 0 Å². The van der Waals surface area contributed by atoms with Gasteiger partial charge in [-0.15, -0.1) is 24.8 Å². The molecule has 2 N–H and O–H groups in total. The highest BCUT2D eigenvalue weighted by molar-refractivity contribution is 5.93. The number of rotatable bonds is 7. The van der Waals surface area contributed by atoms with Crippen molar-refractivity contribution in [2.24, 2.45) is 0 Å². The molecule has 0 aliphatic heterocycles. The van der Waals surface area contributed by atoms with Crippen LogP contribution in [0.25, 0.3) is 10.9 Å². The molecule has 0 saturated carbocycles. The summed E-state index contributed by atoms with van der Waals surface area (Å²) >= 11 is 0. The summed E-state index contributed by atoms with van der Waals surface area (Å²) in [5.41, 5.74) is 2.75. The third-order valence-electron chi connectivity index (χ3n) is 4.79. The predicted molar refractivity (Wildman–Crippen MR) is 133 cm³/mol. The quantitative estimate of drug-likeness (QED) is 0.350. The lowest BCUT2D eigenvalue weighted by molar-refractivity contribution is 0.356. The van der Waals surface area contributed by atoms with Crippen LogP contribution in [0.4, 0.5) is 17.5 Å². The lowest BCUT2D eigenvalue weighted by atomic mass is 10.1. The second kappa shape index (κ2) is 11.4. The Labute approximate surface area is 199 Å². The molecule has 0 bridgehead atoms. The maximum atomic E-state index is 5.48. The Morgan fingerprint density at radius 1 is 0.844 bits per heavy atom. The van der Waals surface area contributed by atoms with Crippen LogP contribution in [0.2, 0.25) is 0 Å². The molecule has 0 spiro atoms. The zero-order valence-corrected chi connectivity index (χ0v) is 19.5. The molecule has 4 aromatic rings. The average Bonchev–Trinajstić information content (AvgIpc) is 2.79. The summed E-state index contributed by atoms with van der Waals surface area (Å²) in [5.74, 6) is 2.41. The molecule has 0 aliphatic rings. The number of hydrogen-bond donors (Lipinski definition) is 2. The maximum absolute atomic E-state index is 5.48. The first-order valence-electron chi connectivity index (χ1n) is 9.60. The van der Waals surface area contributed by atoms with Crippen LogP contribution in [0.1, 0.15) is 18.5 Å². The van der Waals surface area contributed by atoms with Crippen LogP contribution >= 0.6 is 24.8 Å². The largest absolute Gasteiger partial charge is 0.493 e. The Bertz CT molecular complexity index is 1150. The minimum Gasteiger partial charge on any atom is -0.493 e. The van der Waals surface area contributed by atoms with Gasteiger partial charge in [0.15, 0.2) is 11.5 Å². The van der Waals surface area contributed by atoms with Gasteiger partial charge in [0.25, 0.3) is 0 Å². The fourth-order valence-corrected chi connectivity index (χ4v) is 3.22. The van der Waals surface area contributed by atoms with Crippen LogP contribution in [-0.4, -0.2) is 29.2 Å². The SMILES string of the molecule is COc1cc2nc(Nc3ccncc3)nc(NC(C)c3ccccc3)c2cc1OC.Cl.Cl. The molecular formula is C23H25Cl2N5O2. The van der Waals surface area contributed by atoms with Crippen molar-refractivity contribution in [2.75, 3.05) is 24.9 Å². The second-order valence-corrected chi connectivity index (χ2v) is 6.76. The molecule has 0 radical (unpaired) electrons. The number of aromatic nitrogens is 3. The van der Waals surface area contributed by atoms with E-state index in [0.29, 0.717) is 23.3 Å². The third kappa shape index (κ3) is 5.49. The van der Waals surface area contributed by atoms with Crippen LogP contribution in [0, 0.1) is 0 Å². The van der Waals surface area contributed by atoms with E-state index in [2.05, 4.69) is 39.7 Å². The van der Waals surface area contributed by atoms with Crippen molar-refractivity contribution in [2.45, 2.75) is 13.0 Å². The summed E-state index contributed by atoms with van der Waals surface area (Å²) in [5, 5.41) is 7.60. The normalized spacial score (nSPS) is 11.0. The topological polar surface area (TPSA) is 81.2 Å². The molecule has 4 rings (SSSR count). The van der Waals surface area contributed by atoms with E-state index in [1.165, 1.54) is 0 Å². The van der Waals surface area contributed by atoms with Gasteiger partial charge in [-0.3, -0.25) is 4.98 Å². The summed E-state index contributed by atoms with van der Waals surface area (Å²) in [7, 11) is 3.22. The van der Waals surface area contributed by atoms with Crippen molar-refractivity contribution in [3.8, 4) is 11.5 Å². The molecule has 2 aromatic carbocycles. The number of fused-ring (bicyclic) bond motifs is 1. The van der Waals surface area contributed by atoms with Gasteiger partial charge in [0, 0.05) is 35.6 Å². The molecule has 0 aliphatic carbocycles. The van der Waals surface area contributed by atoms with E-state index in [1.807, 2.05) is 42.5 Å². The summed E-state index contributed by atoms with van der Waals surface area (Å²) in [6, 6.07) is 17.7. The van der Waals surface area contributed by atoms with Crippen LogP contribution in [0.15, 0.2) is 67.0 Å². The van der Waals surface area contributed by atoms with Gasteiger partial charge in [0.05, 0.1) is 19.7 Å². The highest BCUT2D eigenvalue weighted by atomic mass is 35.5. The van der Waals surface area contributed by atoms with Gasteiger partial charge in [-0.25, -0.2) is 4.98 Å². The molecule has 0 saturated heterocycles. The first kappa shape index (κ1) is 25.0. The average molecular weight is 474 g/mol. The standard InChI is InChI=1S/C23H23N5O2.2ClH/c1-15(16-7-5-4-6-8-16)25-22-18-13-20(29-2)21(30-3)14-19(18)27-23(28-22)26-17-9-11-24-12-10-17;;/h4-15H,1-3H3,(H2,24,25,26,27,28);2*1H. The number of pyridine rings is 1. The molecule has 1 unspecified atom stereocenters. The molecule has 168 valence electrons. The van der Waals surface area contributed by atoms with E-state index in [4.69, 9.17) is 14.5 Å². The highest BCUT2D eigenvalue weighted by Crippen LogP contribution is 2.35. The van der Waals surface area contributed by atoms with Gasteiger partial charge in [-0.1, -0.05) is 30.3 Å². The fraction of sp³-hybridized carbons (Fsp3) is 0.174. The molecule has 1 atom stereocenters. The Morgan fingerprint density at radius 3 is 2.16 bits per heavy atom. The molecular weight excluding hydrogens is 449 g/mol. The molecule has 32 heavy (non-hydrogen) atoms. The van der Waals surface area contributed by atoms with Gasteiger partial charge >= 0.3 is 0 Å². The van der Waals surface area contributed by atoms with Gasteiger partial charge in [-0.05, 0) is 30.7 Å². The molecule has 9 heteroatoms. The van der Waals surface area contributed by atoms with E-state index in [9.17, 15) is 0 Å². The Hall–Kier alpha value is -3.29. The highest BCUT2D eigenvalue weighted by Gasteiger charge is 2.15. The van der Waals surface area contributed by atoms with E-state index in [-0.39, 0.29) is 30.9 Å². The van der Waals surface area contributed by atoms with Crippen LogP contribution in [0.3, 0.4) is 0 Å². The summed E-state index contributed by atoms with van der Waals surface area (Å²) in [4.78, 5) is 13.5. The van der Waals surface area contributed by atoms with Crippen LogP contribution in [0.5, 0.6) is 11.5 Å². The van der Waals surface area contributed by atoms with Crippen molar-refractivity contribution >= 4 is 53.2 Å². The minimum atomic E-state index is 0. The molecule has 2 heterocycles. The maximum Gasteiger partial charge on any atom is 0.229 e. The lowest BCUT2D eigenvalue weighted by Gasteiger charge is -2.18. The van der Waals surface area contributed by atoms with E-state index >= 15 is 0 Å². The smallest absolute Gasteiger partial charge is 0.229 e. The van der Waals surface area contributed by atoms with Gasteiger partial charge < -0.3 is 20.1 Å². The van der Waals surface area contributed by atoms with Gasteiger partial charge in [-0.2, -0.15) is 4.98 Å². The number of halogens is 2. The lowest BCUT2D eigenvalue weighted by Crippen LogP contribution is -2.10. The zero-order chi connectivity index (χ0) is 20.9. The number of nitrogens with zero attached hydrogens (tertiary/aromatic N) is 3. The Morgan fingerprint density at radius 2 is 1.50 bits per heavy atom. The zero-order valence-electron chi connectivity index (χ0n) is 17.9. The minimum absolute atomic E-state index is 0. The van der Waals surface area contributed by atoms with Crippen LogP contribution in [-0.2, 0) is 0 Å². The van der Waals surface area contributed by atoms with Crippen molar-refractivity contribution in [1.82, 2.24) is 15.0 Å². The van der Waals surface area contributed by atoms with E-state index in [0.717, 1.165) is 22.2 Å². The first-order valence-corrected chi connectivity index (χ1v) is 9.60. The summed E-state index contributed by atoms with van der Waals surface area (Å²) in [6.07, 6.45) is 3.43. The molecule has 0 amide bonds. The van der Waals surface area contributed by atoms with Crippen molar-refractivity contribution in [3.05, 3.63) is 72.6 Å². The predicted octanol–water partition coefficient (Wildman–Crippen LogP) is 5.80. The monoisotopic (exact) mass is 473 g/mol. The van der Waals surface area contributed by atoms with Gasteiger partial charge in [0.1, 0.15) is 5.82 Å². The molecule has 0 fully saturated rings. The summed E-state index contributed by atoms with van der Waals surface area (Å²) < 4.78 is 10.9. The fourth-order valence-electron chi connectivity index (χ4n) is 3.22.